The van der Waals surface area contributed by atoms with Crippen molar-refractivity contribution < 1.29 is 9.21 Å². The number of carbonyl (C=O) groups is 1. The van der Waals surface area contributed by atoms with Gasteiger partial charge in [-0.2, -0.15) is 10.4 Å². The highest BCUT2D eigenvalue weighted by atomic mass is 79.9. The molecule has 1 N–H and O–H groups in total. The molecule has 0 radical (unpaired) electrons. The molecule has 0 spiro atoms. The zero-order valence-corrected chi connectivity index (χ0v) is 11.9. The second-order valence-corrected chi connectivity index (χ2v) is 4.75. The van der Waals surface area contributed by atoms with E-state index >= 15 is 0 Å². The van der Waals surface area contributed by atoms with Gasteiger partial charge in [-0.25, -0.2) is 5.43 Å². The molecule has 0 aliphatic heterocycles. The Balaban J connectivity index is 2.02. The van der Waals surface area contributed by atoms with Crippen molar-refractivity contribution in [3.05, 3.63) is 46.6 Å². The lowest BCUT2D eigenvalue weighted by atomic mass is 10.2. The predicted molar refractivity (Wildman–Crippen MR) is 77.8 cm³/mol. The van der Waals surface area contributed by atoms with Gasteiger partial charge in [-0.1, -0.05) is 28.1 Å². The van der Waals surface area contributed by atoms with E-state index < -0.39 is 5.91 Å². The second-order valence-electron chi connectivity index (χ2n) is 3.84. The molecule has 0 unspecified atom stereocenters. The van der Waals surface area contributed by atoms with E-state index in [0.29, 0.717) is 11.5 Å². The van der Waals surface area contributed by atoms with Crippen LogP contribution in [0.3, 0.4) is 0 Å². The van der Waals surface area contributed by atoms with Crippen molar-refractivity contribution >= 4 is 28.1 Å². The topological polar surface area (TPSA) is 78.4 Å². The van der Waals surface area contributed by atoms with Gasteiger partial charge in [0.05, 0.1) is 12.3 Å². The van der Waals surface area contributed by atoms with Gasteiger partial charge >= 0.3 is 0 Å². The molecule has 0 saturated carbocycles. The fraction of sp³-hybridized carbons (Fsp3) is 0.0714. The number of nitrogens with zero attached hydrogens (tertiary/aromatic N) is 2. The van der Waals surface area contributed by atoms with E-state index in [1.54, 1.807) is 12.1 Å². The van der Waals surface area contributed by atoms with Crippen LogP contribution in [0.15, 0.2) is 50.4 Å². The van der Waals surface area contributed by atoms with Crippen LogP contribution in [0.25, 0.3) is 11.3 Å². The maximum absolute atomic E-state index is 11.0. The minimum absolute atomic E-state index is 0.223. The second kappa shape index (κ2) is 6.68. The SMILES string of the molecule is N#CCC(=O)N/N=C/c1ccc(-c2ccc(Br)cc2)o1. The quantitative estimate of drug-likeness (QED) is 0.690. The molecule has 5 nitrogen and oxygen atoms in total. The Hall–Kier alpha value is -2.39. The maximum Gasteiger partial charge on any atom is 0.254 e. The molecule has 100 valence electrons. The number of carbonyl (C=O) groups excluding carboxylic acids is 1. The van der Waals surface area contributed by atoms with Gasteiger partial charge in [-0.3, -0.25) is 4.79 Å². The molecule has 2 aromatic rings. The van der Waals surface area contributed by atoms with Crippen molar-refractivity contribution in [2.24, 2.45) is 5.10 Å². The fourth-order valence-corrected chi connectivity index (χ4v) is 1.74. The van der Waals surface area contributed by atoms with Gasteiger partial charge < -0.3 is 4.42 Å². The van der Waals surface area contributed by atoms with E-state index in [1.165, 1.54) is 6.21 Å². The molecule has 0 fully saturated rings. The lowest BCUT2D eigenvalue weighted by Crippen LogP contribution is -2.15. The van der Waals surface area contributed by atoms with Crippen LogP contribution in [-0.4, -0.2) is 12.1 Å². The van der Waals surface area contributed by atoms with Gasteiger partial charge in [0, 0.05) is 10.0 Å². The summed E-state index contributed by atoms with van der Waals surface area (Å²) in [5.74, 6) is 0.769. The van der Waals surface area contributed by atoms with Crippen molar-refractivity contribution in [2.45, 2.75) is 6.42 Å². The average Bonchev–Trinajstić information content (AvgIpc) is 2.89. The molecule has 0 aliphatic carbocycles. The van der Waals surface area contributed by atoms with E-state index in [2.05, 4.69) is 26.5 Å². The van der Waals surface area contributed by atoms with Crippen LogP contribution in [0.2, 0.25) is 0 Å². The van der Waals surface area contributed by atoms with Crippen molar-refractivity contribution in [2.75, 3.05) is 0 Å². The van der Waals surface area contributed by atoms with Crippen molar-refractivity contribution in [1.29, 1.82) is 5.26 Å². The summed E-state index contributed by atoms with van der Waals surface area (Å²) >= 11 is 3.37. The number of rotatable bonds is 4. The van der Waals surface area contributed by atoms with Crippen LogP contribution >= 0.6 is 15.9 Å². The molecule has 20 heavy (non-hydrogen) atoms. The first-order chi connectivity index (χ1) is 9.69. The standard InChI is InChI=1S/C14H10BrN3O2/c15-11-3-1-10(2-4-11)13-6-5-12(20-13)9-17-18-14(19)7-8-16/h1-6,9H,7H2,(H,18,19)/b17-9+. The minimum Gasteiger partial charge on any atom is -0.455 e. The molecule has 1 aromatic carbocycles. The number of nitriles is 1. The van der Waals surface area contributed by atoms with Crippen LogP contribution < -0.4 is 5.43 Å². The molecular formula is C14H10BrN3O2. The largest absolute Gasteiger partial charge is 0.455 e. The monoisotopic (exact) mass is 331 g/mol. The molecule has 0 aliphatic rings. The van der Waals surface area contributed by atoms with Crippen molar-refractivity contribution in [3.8, 4) is 17.4 Å². The van der Waals surface area contributed by atoms with E-state index in [4.69, 9.17) is 9.68 Å². The number of hydrazone groups is 1. The molecule has 1 heterocycles. The Kier molecular flexibility index (Phi) is 4.69. The molecule has 0 saturated heterocycles. The first-order valence-corrected chi connectivity index (χ1v) is 6.53. The molecule has 0 bridgehead atoms. The number of furan rings is 1. The third kappa shape index (κ3) is 3.80. The minimum atomic E-state index is -0.455. The Morgan fingerprint density at radius 3 is 2.80 bits per heavy atom. The summed E-state index contributed by atoms with van der Waals surface area (Å²) in [5, 5.41) is 12.0. The molecule has 1 amide bonds. The normalized spacial score (nSPS) is 10.4. The van der Waals surface area contributed by atoms with Crippen LogP contribution in [0.5, 0.6) is 0 Å². The number of benzene rings is 1. The van der Waals surface area contributed by atoms with Crippen LogP contribution in [0.1, 0.15) is 12.2 Å². The fourth-order valence-electron chi connectivity index (χ4n) is 1.47. The first kappa shape index (κ1) is 14.0. The predicted octanol–water partition coefficient (Wildman–Crippen LogP) is 3.07. The van der Waals surface area contributed by atoms with E-state index in [1.807, 2.05) is 30.3 Å². The van der Waals surface area contributed by atoms with E-state index in [9.17, 15) is 4.79 Å². The molecular weight excluding hydrogens is 322 g/mol. The Morgan fingerprint density at radius 2 is 2.10 bits per heavy atom. The summed E-state index contributed by atoms with van der Waals surface area (Å²) in [6, 6.07) is 13.0. The highest BCUT2D eigenvalue weighted by molar-refractivity contribution is 9.10. The highest BCUT2D eigenvalue weighted by Gasteiger charge is 2.03. The van der Waals surface area contributed by atoms with Crippen LogP contribution in [0.4, 0.5) is 0 Å². The number of hydrogen-bond donors (Lipinski definition) is 1. The summed E-state index contributed by atoms with van der Waals surface area (Å²) in [4.78, 5) is 11.0. The van der Waals surface area contributed by atoms with Gasteiger partial charge in [0.2, 0.25) is 0 Å². The van der Waals surface area contributed by atoms with Crippen molar-refractivity contribution in [1.82, 2.24) is 5.43 Å². The summed E-state index contributed by atoms with van der Waals surface area (Å²) in [5.41, 5.74) is 3.18. The molecule has 6 heteroatoms. The third-order valence-electron chi connectivity index (χ3n) is 2.38. The van der Waals surface area contributed by atoms with Crippen molar-refractivity contribution in [3.63, 3.8) is 0 Å². The van der Waals surface area contributed by atoms with Crippen LogP contribution in [0, 0.1) is 11.3 Å². The average molecular weight is 332 g/mol. The smallest absolute Gasteiger partial charge is 0.254 e. The zero-order valence-electron chi connectivity index (χ0n) is 10.3. The lowest BCUT2D eigenvalue weighted by molar-refractivity contribution is -0.120. The Labute approximate surface area is 124 Å². The van der Waals surface area contributed by atoms with Crippen LogP contribution in [-0.2, 0) is 4.79 Å². The molecule has 1 aromatic heterocycles. The molecule has 2 rings (SSSR count). The molecule has 0 atom stereocenters. The number of hydrogen-bond acceptors (Lipinski definition) is 4. The Morgan fingerprint density at radius 1 is 1.35 bits per heavy atom. The number of nitrogens with one attached hydrogen (secondary N) is 1. The summed E-state index contributed by atoms with van der Waals surface area (Å²) in [7, 11) is 0. The van der Waals surface area contributed by atoms with Gasteiger partial charge in [0.15, 0.2) is 0 Å². The summed E-state index contributed by atoms with van der Waals surface area (Å²) < 4.78 is 6.57. The van der Waals surface area contributed by atoms with E-state index in [-0.39, 0.29) is 6.42 Å². The Bertz CT molecular complexity index is 668. The van der Waals surface area contributed by atoms with Gasteiger partial charge in [0.25, 0.3) is 5.91 Å². The third-order valence-corrected chi connectivity index (χ3v) is 2.90. The maximum atomic E-state index is 11.0. The summed E-state index contributed by atoms with van der Waals surface area (Å²) in [6.07, 6.45) is 1.16. The van der Waals surface area contributed by atoms with Gasteiger partial charge in [0.1, 0.15) is 17.9 Å². The van der Waals surface area contributed by atoms with Gasteiger partial charge in [-0.05, 0) is 24.3 Å². The zero-order chi connectivity index (χ0) is 14.4. The van der Waals surface area contributed by atoms with E-state index in [0.717, 1.165) is 10.0 Å². The first-order valence-electron chi connectivity index (χ1n) is 5.73. The number of amides is 1. The number of halogens is 1. The lowest BCUT2D eigenvalue weighted by Gasteiger charge is -1.96. The van der Waals surface area contributed by atoms with Gasteiger partial charge in [-0.15, -0.1) is 0 Å². The highest BCUT2D eigenvalue weighted by Crippen LogP contribution is 2.23. The summed E-state index contributed by atoms with van der Waals surface area (Å²) in [6.45, 7) is 0.